The third kappa shape index (κ3) is 6.81. The summed E-state index contributed by atoms with van der Waals surface area (Å²) in [5, 5.41) is 22.6. The molecule has 0 N–H and O–H groups in total. The molecule has 252 valence electrons. The van der Waals surface area contributed by atoms with Gasteiger partial charge in [-0.05, 0) is 65.3 Å². The molecule has 2 aromatic rings. The highest BCUT2D eigenvalue weighted by Crippen LogP contribution is 2.44. The van der Waals surface area contributed by atoms with Crippen molar-refractivity contribution in [2.75, 3.05) is 63.7 Å². The molecule has 14 nitrogen and oxygen atoms in total. The molecule has 1 amide bonds. The predicted octanol–water partition coefficient (Wildman–Crippen LogP) is 3.46. The van der Waals surface area contributed by atoms with E-state index < -0.39 is 34.0 Å². The number of anilines is 2. The minimum absolute atomic E-state index is 0.00716. The molecule has 47 heavy (non-hydrogen) atoms. The number of nitro groups is 1. The van der Waals surface area contributed by atoms with Crippen LogP contribution < -0.4 is 9.80 Å². The first-order valence-electron chi connectivity index (χ1n) is 16.0. The second-order valence-corrected chi connectivity index (χ2v) is 13.8. The van der Waals surface area contributed by atoms with E-state index in [-0.39, 0.29) is 55.7 Å². The first-order valence-corrected chi connectivity index (χ1v) is 16.0. The zero-order chi connectivity index (χ0) is 34.1. The van der Waals surface area contributed by atoms with Gasteiger partial charge in [-0.25, -0.2) is 9.78 Å². The van der Waals surface area contributed by atoms with Crippen LogP contribution in [0.3, 0.4) is 0 Å². The summed E-state index contributed by atoms with van der Waals surface area (Å²) < 4.78 is 11.0. The molecule has 0 radical (unpaired) electrons. The number of methoxy groups -OCH3 is 1. The number of likely N-dealkylation sites (N-methyl/N-ethyl adjacent to an activating group) is 1. The largest absolute Gasteiger partial charge is 0.468 e. The van der Waals surface area contributed by atoms with Crippen molar-refractivity contribution in [3.8, 4) is 6.07 Å². The average molecular weight is 649 g/mol. The molecule has 1 aromatic carbocycles. The Morgan fingerprint density at radius 2 is 1.87 bits per heavy atom. The summed E-state index contributed by atoms with van der Waals surface area (Å²) in [5.74, 6) is -0.00857. The van der Waals surface area contributed by atoms with Crippen LogP contribution in [0.5, 0.6) is 0 Å². The molecule has 1 aliphatic carbocycles. The first-order chi connectivity index (χ1) is 22.3. The van der Waals surface area contributed by atoms with Crippen LogP contribution in [0, 0.1) is 21.4 Å². The summed E-state index contributed by atoms with van der Waals surface area (Å²) in [5.41, 5.74) is -0.225. The van der Waals surface area contributed by atoms with Gasteiger partial charge >= 0.3 is 17.7 Å². The molecule has 3 aliphatic rings. The van der Waals surface area contributed by atoms with E-state index in [4.69, 9.17) is 19.4 Å². The molecule has 0 saturated carbocycles. The maximum atomic E-state index is 13.7. The van der Waals surface area contributed by atoms with Crippen LogP contribution in [0.1, 0.15) is 56.9 Å². The molecule has 14 heteroatoms. The van der Waals surface area contributed by atoms with Crippen molar-refractivity contribution in [2.24, 2.45) is 0 Å². The molecular formula is C33H44N8O6. The fourth-order valence-electron chi connectivity index (χ4n) is 6.85. The van der Waals surface area contributed by atoms with Crippen molar-refractivity contribution in [1.82, 2.24) is 19.8 Å². The van der Waals surface area contributed by atoms with Gasteiger partial charge in [-0.3, -0.25) is 14.9 Å². The number of aromatic nitrogens is 2. The van der Waals surface area contributed by atoms with Gasteiger partial charge in [0.05, 0.1) is 36.0 Å². The summed E-state index contributed by atoms with van der Waals surface area (Å²) in [6, 6.07) is 9.52. The van der Waals surface area contributed by atoms with Crippen molar-refractivity contribution < 1.29 is 24.0 Å². The molecule has 5 rings (SSSR count). The van der Waals surface area contributed by atoms with Crippen LogP contribution in [0.15, 0.2) is 24.3 Å². The number of fused-ring (bicyclic) bond motifs is 1. The third-order valence-electron chi connectivity index (χ3n) is 9.35. The second kappa shape index (κ2) is 13.3. The number of nitriles is 1. The topological polar surface area (TPSA) is 158 Å². The van der Waals surface area contributed by atoms with E-state index in [1.165, 1.54) is 12.0 Å². The normalized spacial score (nSPS) is 21.5. The summed E-state index contributed by atoms with van der Waals surface area (Å²) in [6.07, 6.45) is 1.38. The highest BCUT2D eigenvalue weighted by atomic mass is 16.6. The Bertz CT molecular complexity index is 1560. The maximum Gasteiger partial charge on any atom is 0.410 e. The Morgan fingerprint density at radius 1 is 1.15 bits per heavy atom. The fraction of sp³-hybridized carbons (Fsp3) is 0.606. The molecule has 2 aliphatic heterocycles. The molecule has 1 unspecified atom stereocenters. The number of rotatable bonds is 8. The number of hydrogen-bond acceptors (Lipinski definition) is 12. The lowest BCUT2D eigenvalue weighted by Gasteiger charge is -2.44. The fourth-order valence-corrected chi connectivity index (χ4v) is 6.85. The molecule has 2 saturated heterocycles. The van der Waals surface area contributed by atoms with Crippen LogP contribution in [0.2, 0.25) is 0 Å². The van der Waals surface area contributed by atoms with E-state index in [1.807, 2.05) is 43.3 Å². The van der Waals surface area contributed by atoms with Gasteiger partial charge in [-0.1, -0.05) is 24.3 Å². The second-order valence-electron chi connectivity index (χ2n) is 13.8. The number of nitrogens with zero attached hydrogens (tertiary/aromatic N) is 8. The van der Waals surface area contributed by atoms with Gasteiger partial charge in [0.25, 0.3) is 0 Å². The van der Waals surface area contributed by atoms with Crippen LogP contribution >= 0.6 is 0 Å². The van der Waals surface area contributed by atoms with Crippen LogP contribution in [-0.2, 0) is 32.5 Å². The first kappa shape index (κ1) is 33.8. The summed E-state index contributed by atoms with van der Waals surface area (Å²) in [6.45, 7) is 7.13. The van der Waals surface area contributed by atoms with Gasteiger partial charge in [-0.15, -0.1) is 0 Å². The Balaban J connectivity index is 1.60. The van der Waals surface area contributed by atoms with Crippen LogP contribution in [0.4, 0.5) is 22.2 Å². The molecule has 2 fully saturated rings. The van der Waals surface area contributed by atoms with Gasteiger partial charge in [0, 0.05) is 45.2 Å². The zero-order valence-electron chi connectivity index (χ0n) is 28.1. The monoisotopic (exact) mass is 648 g/mol. The van der Waals surface area contributed by atoms with Crippen molar-refractivity contribution >= 4 is 29.5 Å². The molecular weight excluding hydrogens is 604 g/mol. The van der Waals surface area contributed by atoms with E-state index in [0.29, 0.717) is 31.9 Å². The SMILES string of the molecule is COC(=O)C1(Cc2nc(N3CC(N(C)C)C3)nc(N3CCN(C(=O)OC(C)(C)C)[C@@H](CC#N)C3)c2[N+](=O)[O-])CCCc2ccccc21. The number of carbonyl (C=O) groups excluding carboxylic acids is 2. The van der Waals surface area contributed by atoms with Gasteiger partial charge in [0.2, 0.25) is 11.8 Å². The lowest BCUT2D eigenvalue weighted by molar-refractivity contribution is -0.385. The lowest BCUT2D eigenvalue weighted by Crippen LogP contribution is -2.58. The number of hydrogen-bond donors (Lipinski definition) is 0. The maximum absolute atomic E-state index is 13.7. The van der Waals surface area contributed by atoms with Gasteiger partial charge in [0.15, 0.2) is 0 Å². The summed E-state index contributed by atoms with van der Waals surface area (Å²) in [7, 11) is 5.33. The van der Waals surface area contributed by atoms with Crippen molar-refractivity contribution in [1.29, 1.82) is 5.26 Å². The summed E-state index contributed by atoms with van der Waals surface area (Å²) >= 11 is 0. The Labute approximate surface area is 275 Å². The number of esters is 1. The third-order valence-corrected chi connectivity index (χ3v) is 9.35. The quantitative estimate of drug-likeness (QED) is 0.234. The zero-order valence-corrected chi connectivity index (χ0v) is 28.1. The Morgan fingerprint density at radius 3 is 2.51 bits per heavy atom. The Hall–Kier alpha value is -4.51. The number of aryl methyl sites for hydroxylation is 1. The van der Waals surface area contributed by atoms with E-state index in [2.05, 4.69) is 11.0 Å². The Kier molecular flexibility index (Phi) is 9.58. The van der Waals surface area contributed by atoms with E-state index in [0.717, 1.165) is 17.5 Å². The smallest absolute Gasteiger partial charge is 0.410 e. The van der Waals surface area contributed by atoms with E-state index in [9.17, 15) is 25.0 Å². The number of carbonyl (C=O) groups is 2. The molecule has 3 heterocycles. The molecule has 0 spiro atoms. The number of ether oxygens (including phenoxy) is 2. The van der Waals surface area contributed by atoms with E-state index >= 15 is 0 Å². The predicted molar refractivity (Wildman–Crippen MR) is 174 cm³/mol. The average Bonchev–Trinajstić information content (AvgIpc) is 2.98. The minimum atomic E-state index is -1.17. The van der Waals surface area contributed by atoms with Crippen molar-refractivity contribution in [3.05, 3.63) is 51.2 Å². The lowest BCUT2D eigenvalue weighted by atomic mass is 9.67. The molecule has 1 aromatic heterocycles. The minimum Gasteiger partial charge on any atom is -0.468 e. The molecule has 0 bridgehead atoms. The van der Waals surface area contributed by atoms with Crippen molar-refractivity contribution in [3.63, 3.8) is 0 Å². The van der Waals surface area contributed by atoms with Crippen LogP contribution in [-0.4, -0.2) is 108 Å². The van der Waals surface area contributed by atoms with Gasteiger partial charge in [-0.2, -0.15) is 10.2 Å². The highest BCUT2D eigenvalue weighted by Gasteiger charge is 2.48. The van der Waals surface area contributed by atoms with Gasteiger partial charge in [0.1, 0.15) is 11.3 Å². The number of piperazine rings is 1. The summed E-state index contributed by atoms with van der Waals surface area (Å²) in [4.78, 5) is 56.3. The number of benzene rings is 1. The number of amides is 1. The van der Waals surface area contributed by atoms with Crippen LogP contribution in [0.25, 0.3) is 0 Å². The highest BCUT2D eigenvalue weighted by molar-refractivity contribution is 5.85. The molecule has 2 atom stereocenters. The van der Waals surface area contributed by atoms with Crippen molar-refractivity contribution in [2.45, 2.75) is 76.0 Å². The standard InChI is InChI=1S/C33H44N8O6/c1-32(2,3)47-31(43)40-17-16-38(19-23(40)13-15-34)28-27(41(44)45)26(35-30(36-28)39-20-24(21-39)37(4)5)18-33(29(42)46-6)14-9-11-22-10-7-8-12-25(22)33/h7-8,10,12,23-24H,9,11,13-14,16-21H2,1-6H3/t23-,33?/m0/s1. The van der Waals surface area contributed by atoms with E-state index in [1.54, 1.807) is 25.7 Å². The van der Waals surface area contributed by atoms with Gasteiger partial charge < -0.3 is 29.1 Å².